The minimum Gasteiger partial charge on any atom is -0.497 e. The number of nitrogens with zero attached hydrogens (tertiary/aromatic N) is 2. The molecule has 0 aromatic heterocycles. The molecule has 0 saturated carbocycles. The SMILES string of the molecule is CN=C(NCc1cccc(OC(C)C)c1)NCC(c1ccc(OC)cc1)N1CCOCC1. The van der Waals surface area contributed by atoms with E-state index < -0.39 is 0 Å². The van der Waals surface area contributed by atoms with Crippen LogP contribution in [0.5, 0.6) is 11.5 Å². The molecule has 2 aromatic rings. The van der Waals surface area contributed by atoms with E-state index in [1.54, 1.807) is 14.2 Å². The fourth-order valence-corrected chi connectivity index (χ4v) is 3.77. The quantitative estimate of drug-likeness (QED) is 0.461. The Kier molecular flexibility index (Phi) is 9.19. The first-order valence-electron chi connectivity index (χ1n) is 11.2. The van der Waals surface area contributed by atoms with Crippen molar-refractivity contribution in [2.75, 3.05) is 47.0 Å². The van der Waals surface area contributed by atoms with Crippen molar-refractivity contribution in [2.45, 2.75) is 32.5 Å². The number of guanidine groups is 1. The summed E-state index contributed by atoms with van der Waals surface area (Å²) < 4.78 is 16.7. The number of ether oxygens (including phenoxy) is 3. The third-order valence-corrected chi connectivity index (χ3v) is 5.40. The number of nitrogens with one attached hydrogen (secondary N) is 2. The minimum atomic E-state index is 0.155. The molecular formula is C25H36N4O3. The first-order valence-corrected chi connectivity index (χ1v) is 11.2. The van der Waals surface area contributed by atoms with Gasteiger partial charge in [0.2, 0.25) is 0 Å². The van der Waals surface area contributed by atoms with Crippen LogP contribution in [0.2, 0.25) is 0 Å². The lowest BCUT2D eigenvalue weighted by Gasteiger charge is -2.35. The smallest absolute Gasteiger partial charge is 0.191 e. The number of hydrogen-bond acceptors (Lipinski definition) is 5. The van der Waals surface area contributed by atoms with Gasteiger partial charge in [-0.3, -0.25) is 9.89 Å². The maximum atomic E-state index is 5.80. The Labute approximate surface area is 191 Å². The third kappa shape index (κ3) is 7.14. The number of morpholine rings is 1. The molecule has 32 heavy (non-hydrogen) atoms. The molecule has 1 unspecified atom stereocenters. The van der Waals surface area contributed by atoms with Crippen molar-refractivity contribution in [1.29, 1.82) is 0 Å². The van der Waals surface area contributed by atoms with Gasteiger partial charge >= 0.3 is 0 Å². The normalized spacial score (nSPS) is 16.0. The molecule has 1 aliphatic rings. The molecule has 1 aliphatic heterocycles. The summed E-state index contributed by atoms with van der Waals surface area (Å²) in [5, 5.41) is 6.92. The van der Waals surface area contributed by atoms with Crippen LogP contribution in [0.15, 0.2) is 53.5 Å². The first kappa shape index (κ1) is 23.9. The molecule has 1 heterocycles. The van der Waals surface area contributed by atoms with Gasteiger partial charge in [-0.15, -0.1) is 0 Å². The second-order valence-corrected chi connectivity index (χ2v) is 8.06. The van der Waals surface area contributed by atoms with Crippen molar-refractivity contribution in [2.24, 2.45) is 4.99 Å². The Bertz CT molecular complexity index is 849. The van der Waals surface area contributed by atoms with Crippen molar-refractivity contribution in [1.82, 2.24) is 15.5 Å². The van der Waals surface area contributed by atoms with E-state index in [9.17, 15) is 0 Å². The van der Waals surface area contributed by atoms with E-state index in [4.69, 9.17) is 14.2 Å². The highest BCUT2D eigenvalue weighted by atomic mass is 16.5. The molecular weight excluding hydrogens is 404 g/mol. The van der Waals surface area contributed by atoms with Gasteiger partial charge in [-0.1, -0.05) is 24.3 Å². The Morgan fingerprint density at radius 1 is 1.06 bits per heavy atom. The zero-order valence-corrected chi connectivity index (χ0v) is 19.6. The summed E-state index contributed by atoms with van der Waals surface area (Å²) in [7, 11) is 3.49. The topological polar surface area (TPSA) is 67.4 Å². The molecule has 2 aromatic carbocycles. The molecule has 174 valence electrons. The third-order valence-electron chi connectivity index (χ3n) is 5.40. The summed E-state index contributed by atoms with van der Waals surface area (Å²) in [5.74, 6) is 2.52. The number of benzene rings is 2. The molecule has 2 N–H and O–H groups in total. The predicted molar refractivity (Wildman–Crippen MR) is 129 cm³/mol. The van der Waals surface area contributed by atoms with Gasteiger partial charge < -0.3 is 24.8 Å². The van der Waals surface area contributed by atoms with Gasteiger partial charge in [0.25, 0.3) is 0 Å². The molecule has 0 bridgehead atoms. The minimum absolute atomic E-state index is 0.155. The molecule has 3 rings (SSSR count). The van der Waals surface area contributed by atoms with Crippen LogP contribution in [-0.2, 0) is 11.3 Å². The van der Waals surface area contributed by atoms with Crippen LogP contribution >= 0.6 is 0 Å². The Morgan fingerprint density at radius 2 is 1.81 bits per heavy atom. The highest BCUT2D eigenvalue weighted by Crippen LogP contribution is 2.23. The Balaban J connectivity index is 1.61. The second kappa shape index (κ2) is 12.3. The average molecular weight is 441 g/mol. The van der Waals surface area contributed by atoms with E-state index >= 15 is 0 Å². The number of rotatable bonds is 9. The zero-order valence-electron chi connectivity index (χ0n) is 19.6. The molecule has 0 spiro atoms. The lowest BCUT2D eigenvalue weighted by Crippen LogP contribution is -2.46. The number of hydrogen-bond donors (Lipinski definition) is 2. The zero-order chi connectivity index (χ0) is 22.8. The van der Waals surface area contributed by atoms with E-state index in [2.05, 4.69) is 44.8 Å². The van der Waals surface area contributed by atoms with Gasteiger partial charge in [0, 0.05) is 33.2 Å². The van der Waals surface area contributed by atoms with Crippen molar-refractivity contribution in [3.05, 3.63) is 59.7 Å². The maximum absolute atomic E-state index is 5.80. The summed E-state index contributed by atoms with van der Waals surface area (Å²) in [4.78, 5) is 6.87. The van der Waals surface area contributed by atoms with Gasteiger partial charge in [-0.05, 0) is 49.2 Å². The van der Waals surface area contributed by atoms with Crippen LogP contribution in [0.4, 0.5) is 0 Å². The molecule has 7 nitrogen and oxygen atoms in total. The van der Waals surface area contributed by atoms with Gasteiger partial charge in [-0.2, -0.15) is 0 Å². The molecule has 0 radical (unpaired) electrons. The highest BCUT2D eigenvalue weighted by Gasteiger charge is 2.23. The largest absolute Gasteiger partial charge is 0.497 e. The van der Waals surface area contributed by atoms with E-state index in [-0.39, 0.29) is 12.1 Å². The molecule has 1 fully saturated rings. The van der Waals surface area contributed by atoms with E-state index in [0.29, 0.717) is 6.54 Å². The van der Waals surface area contributed by atoms with Crippen molar-refractivity contribution >= 4 is 5.96 Å². The summed E-state index contributed by atoms with van der Waals surface area (Å²) >= 11 is 0. The number of aliphatic imine (C=N–C) groups is 1. The van der Waals surface area contributed by atoms with Crippen molar-refractivity contribution < 1.29 is 14.2 Å². The fraction of sp³-hybridized carbons (Fsp3) is 0.480. The lowest BCUT2D eigenvalue weighted by atomic mass is 10.0. The maximum Gasteiger partial charge on any atom is 0.191 e. The number of methoxy groups -OCH3 is 1. The summed E-state index contributed by atoms with van der Waals surface area (Å²) in [6.07, 6.45) is 0.155. The van der Waals surface area contributed by atoms with E-state index in [1.165, 1.54) is 5.56 Å². The first-order chi connectivity index (χ1) is 15.6. The molecule has 0 aliphatic carbocycles. The lowest BCUT2D eigenvalue weighted by molar-refractivity contribution is 0.0170. The van der Waals surface area contributed by atoms with Crippen molar-refractivity contribution in [3.63, 3.8) is 0 Å². The van der Waals surface area contributed by atoms with Gasteiger partial charge in [0.15, 0.2) is 5.96 Å². The van der Waals surface area contributed by atoms with Crippen LogP contribution in [0, 0.1) is 0 Å². The summed E-state index contributed by atoms with van der Waals surface area (Å²) in [6.45, 7) is 8.81. The van der Waals surface area contributed by atoms with Crippen LogP contribution in [0.25, 0.3) is 0 Å². The molecule has 1 atom stereocenters. The van der Waals surface area contributed by atoms with E-state index in [1.807, 2.05) is 38.1 Å². The Hall–Kier alpha value is -2.77. The summed E-state index contributed by atoms with van der Waals surface area (Å²) in [5.41, 5.74) is 2.39. The van der Waals surface area contributed by atoms with Crippen LogP contribution in [0.1, 0.15) is 31.0 Å². The highest BCUT2D eigenvalue weighted by molar-refractivity contribution is 5.79. The fourth-order valence-electron chi connectivity index (χ4n) is 3.77. The van der Waals surface area contributed by atoms with E-state index in [0.717, 1.165) is 55.9 Å². The van der Waals surface area contributed by atoms with Crippen LogP contribution in [0.3, 0.4) is 0 Å². The Morgan fingerprint density at radius 3 is 2.47 bits per heavy atom. The van der Waals surface area contributed by atoms with Gasteiger partial charge in [0.05, 0.1) is 32.5 Å². The molecule has 0 amide bonds. The second-order valence-electron chi connectivity index (χ2n) is 8.06. The molecule has 7 heteroatoms. The standard InChI is InChI=1S/C25H36N4O3/c1-19(2)32-23-7-5-6-20(16-23)17-27-25(26-3)28-18-24(29-12-14-31-15-13-29)21-8-10-22(30-4)11-9-21/h5-11,16,19,24H,12-15,17-18H2,1-4H3,(H2,26,27,28). The van der Waals surface area contributed by atoms with Gasteiger partial charge in [0.1, 0.15) is 11.5 Å². The molecule has 1 saturated heterocycles. The monoisotopic (exact) mass is 440 g/mol. The average Bonchev–Trinajstić information content (AvgIpc) is 2.82. The van der Waals surface area contributed by atoms with Gasteiger partial charge in [-0.25, -0.2) is 0 Å². The summed E-state index contributed by atoms with van der Waals surface area (Å²) in [6, 6.07) is 16.7. The van der Waals surface area contributed by atoms with Crippen LogP contribution < -0.4 is 20.1 Å². The van der Waals surface area contributed by atoms with Crippen LogP contribution in [-0.4, -0.2) is 64.0 Å². The predicted octanol–water partition coefficient (Wildman–Crippen LogP) is 3.22. The van der Waals surface area contributed by atoms with Crippen molar-refractivity contribution in [3.8, 4) is 11.5 Å².